The lowest BCUT2D eigenvalue weighted by atomic mass is 10.2. The predicted molar refractivity (Wildman–Crippen MR) is 59.7 cm³/mol. The van der Waals surface area contributed by atoms with Crippen molar-refractivity contribution in [2.75, 3.05) is 13.2 Å². The fourth-order valence-corrected chi connectivity index (χ4v) is 1.61. The summed E-state index contributed by atoms with van der Waals surface area (Å²) in [6, 6.07) is 7.61. The molecule has 0 saturated carbocycles. The highest BCUT2D eigenvalue weighted by Crippen LogP contribution is 2.31. The maximum absolute atomic E-state index is 10.7. The summed E-state index contributed by atoms with van der Waals surface area (Å²) >= 11 is 0. The van der Waals surface area contributed by atoms with Gasteiger partial charge in [-0.1, -0.05) is 12.1 Å². The molecule has 0 saturated heterocycles. The van der Waals surface area contributed by atoms with E-state index in [-0.39, 0.29) is 12.0 Å². The third-order valence-corrected chi connectivity index (χ3v) is 2.41. The summed E-state index contributed by atoms with van der Waals surface area (Å²) in [5.41, 5.74) is 0. The Morgan fingerprint density at radius 2 is 2.19 bits per heavy atom. The van der Waals surface area contributed by atoms with Crippen molar-refractivity contribution in [3.05, 3.63) is 24.3 Å². The van der Waals surface area contributed by atoms with Crippen LogP contribution in [0, 0.1) is 0 Å². The van der Waals surface area contributed by atoms with Gasteiger partial charge in [0.05, 0.1) is 0 Å². The van der Waals surface area contributed by atoms with E-state index in [1.807, 2.05) is 24.3 Å². The molecule has 1 aliphatic heterocycles. The lowest BCUT2D eigenvalue weighted by Crippen LogP contribution is -2.33. The second-order valence-corrected chi connectivity index (χ2v) is 3.77. The molecule has 4 heteroatoms. The molecular weight excluding hydrogens is 206 g/mol. The summed E-state index contributed by atoms with van der Waals surface area (Å²) in [7, 11) is 0. The van der Waals surface area contributed by atoms with E-state index in [4.69, 9.17) is 9.47 Å². The number of amides is 1. The van der Waals surface area contributed by atoms with Crippen LogP contribution in [-0.4, -0.2) is 25.2 Å². The van der Waals surface area contributed by atoms with Gasteiger partial charge in [-0.2, -0.15) is 0 Å². The molecule has 1 N–H and O–H groups in total. The molecule has 4 nitrogen and oxygen atoms in total. The molecule has 86 valence electrons. The molecule has 1 aromatic carbocycles. The summed E-state index contributed by atoms with van der Waals surface area (Å²) in [6.45, 7) is 2.66. The molecular formula is C12H15NO3. The smallest absolute Gasteiger partial charge is 0.216 e. The zero-order valence-corrected chi connectivity index (χ0v) is 9.23. The van der Waals surface area contributed by atoms with Crippen molar-refractivity contribution in [3.8, 4) is 11.5 Å². The minimum atomic E-state index is -0.0165. The predicted octanol–water partition coefficient (Wildman–Crippen LogP) is 1.35. The number of hydrogen-bond acceptors (Lipinski definition) is 3. The van der Waals surface area contributed by atoms with Crippen LogP contribution in [0.2, 0.25) is 0 Å². The van der Waals surface area contributed by atoms with Crippen LogP contribution in [-0.2, 0) is 4.79 Å². The van der Waals surface area contributed by atoms with Gasteiger partial charge in [0.2, 0.25) is 5.91 Å². The Bertz CT molecular complexity index is 378. The van der Waals surface area contributed by atoms with Crippen molar-refractivity contribution in [2.24, 2.45) is 0 Å². The van der Waals surface area contributed by atoms with Gasteiger partial charge in [0, 0.05) is 19.9 Å². The maximum Gasteiger partial charge on any atom is 0.216 e. The normalized spacial score (nSPS) is 17.9. The Kier molecular flexibility index (Phi) is 3.29. The number of rotatable bonds is 3. The van der Waals surface area contributed by atoms with Crippen molar-refractivity contribution in [3.63, 3.8) is 0 Å². The van der Waals surface area contributed by atoms with E-state index in [0.717, 1.165) is 17.9 Å². The van der Waals surface area contributed by atoms with Crippen LogP contribution in [0.15, 0.2) is 24.3 Å². The van der Waals surface area contributed by atoms with Crippen LogP contribution in [0.5, 0.6) is 11.5 Å². The molecule has 0 aliphatic carbocycles. The van der Waals surface area contributed by atoms with E-state index in [1.165, 1.54) is 6.92 Å². The van der Waals surface area contributed by atoms with E-state index >= 15 is 0 Å². The minimum Gasteiger partial charge on any atom is -0.486 e. The number of benzene rings is 1. The molecule has 1 atom stereocenters. The van der Waals surface area contributed by atoms with Crippen LogP contribution in [0.4, 0.5) is 0 Å². The molecule has 2 rings (SSSR count). The maximum atomic E-state index is 10.7. The molecule has 16 heavy (non-hydrogen) atoms. The molecule has 0 bridgehead atoms. The monoisotopic (exact) mass is 221 g/mol. The third-order valence-electron chi connectivity index (χ3n) is 2.41. The first-order valence-electron chi connectivity index (χ1n) is 5.38. The highest BCUT2D eigenvalue weighted by molar-refractivity contribution is 5.72. The topological polar surface area (TPSA) is 47.6 Å². The third kappa shape index (κ3) is 2.66. The fraction of sp³-hybridized carbons (Fsp3) is 0.417. The number of nitrogens with one attached hydrogen (secondary N) is 1. The number of para-hydroxylation sites is 2. The molecule has 1 aromatic rings. The summed E-state index contributed by atoms with van der Waals surface area (Å²) in [5, 5.41) is 2.74. The fourth-order valence-electron chi connectivity index (χ4n) is 1.61. The highest BCUT2D eigenvalue weighted by atomic mass is 16.6. The number of fused-ring (bicyclic) bond motifs is 1. The molecule has 1 unspecified atom stereocenters. The van der Waals surface area contributed by atoms with Gasteiger partial charge in [-0.3, -0.25) is 4.79 Å². The van der Waals surface area contributed by atoms with E-state index in [2.05, 4.69) is 5.32 Å². The number of carbonyl (C=O) groups is 1. The van der Waals surface area contributed by atoms with Crippen molar-refractivity contribution < 1.29 is 14.3 Å². The average molecular weight is 221 g/mol. The second kappa shape index (κ2) is 4.88. The van der Waals surface area contributed by atoms with Gasteiger partial charge in [0.1, 0.15) is 12.7 Å². The van der Waals surface area contributed by atoms with Gasteiger partial charge < -0.3 is 14.8 Å². The van der Waals surface area contributed by atoms with Crippen LogP contribution >= 0.6 is 0 Å². The summed E-state index contributed by atoms with van der Waals surface area (Å²) in [6.07, 6.45) is 0.773. The molecule has 0 aromatic heterocycles. The van der Waals surface area contributed by atoms with Crippen molar-refractivity contribution >= 4 is 5.91 Å². The van der Waals surface area contributed by atoms with Crippen molar-refractivity contribution in [1.29, 1.82) is 0 Å². The zero-order valence-electron chi connectivity index (χ0n) is 9.23. The summed E-state index contributed by atoms with van der Waals surface area (Å²) < 4.78 is 11.3. The Morgan fingerprint density at radius 1 is 1.44 bits per heavy atom. The Balaban J connectivity index is 1.86. The van der Waals surface area contributed by atoms with Crippen LogP contribution in [0.25, 0.3) is 0 Å². The van der Waals surface area contributed by atoms with Gasteiger partial charge in [-0.05, 0) is 12.1 Å². The Hall–Kier alpha value is -1.71. The first-order chi connectivity index (χ1) is 7.75. The van der Waals surface area contributed by atoms with Gasteiger partial charge in [0.15, 0.2) is 11.5 Å². The number of ether oxygens (including phenoxy) is 2. The van der Waals surface area contributed by atoms with E-state index in [9.17, 15) is 4.79 Å². The lowest BCUT2D eigenvalue weighted by molar-refractivity contribution is -0.119. The summed E-state index contributed by atoms with van der Waals surface area (Å²) in [5.74, 6) is 1.55. The molecule has 0 spiro atoms. The van der Waals surface area contributed by atoms with Crippen molar-refractivity contribution in [2.45, 2.75) is 19.4 Å². The number of hydrogen-bond donors (Lipinski definition) is 1. The molecule has 1 heterocycles. The van der Waals surface area contributed by atoms with E-state index in [1.54, 1.807) is 0 Å². The van der Waals surface area contributed by atoms with Crippen LogP contribution < -0.4 is 14.8 Å². The molecule has 1 aliphatic rings. The van der Waals surface area contributed by atoms with Gasteiger partial charge in [-0.15, -0.1) is 0 Å². The quantitative estimate of drug-likeness (QED) is 0.838. The summed E-state index contributed by atoms with van der Waals surface area (Å²) in [4.78, 5) is 10.7. The van der Waals surface area contributed by atoms with Gasteiger partial charge >= 0.3 is 0 Å². The Labute approximate surface area is 94.6 Å². The molecule has 0 radical (unpaired) electrons. The van der Waals surface area contributed by atoms with Crippen LogP contribution in [0.1, 0.15) is 13.3 Å². The highest BCUT2D eigenvalue weighted by Gasteiger charge is 2.19. The first kappa shape index (κ1) is 10.8. The lowest BCUT2D eigenvalue weighted by Gasteiger charge is -2.26. The molecule has 1 amide bonds. The Morgan fingerprint density at radius 3 is 2.94 bits per heavy atom. The van der Waals surface area contributed by atoms with Crippen LogP contribution in [0.3, 0.4) is 0 Å². The number of carbonyl (C=O) groups excluding carboxylic acids is 1. The van der Waals surface area contributed by atoms with E-state index in [0.29, 0.717) is 13.2 Å². The standard InChI is InChI=1S/C12H15NO3/c1-9(14)13-7-6-10-8-15-11-4-2-3-5-12(11)16-10/h2-5,10H,6-8H2,1H3,(H,13,14). The largest absolute Gasteiger partial charge is 0.486 e. The van der Waals surface area contributed by atoms with Crippen molar-refractivity contribution in [1.82, 2.24) is 5.32 Å². The van der Waals surface area contributed by atoms with Gasteiger partial charge in [-0.25, -0.2) is 0 Å². The molecule has 0 fully saturated rings. The van der Waals surface area contributed by atoms with E-state index < -0.39 is 0 Å². The minimum absolute atomic E-state index is 0.0155. The SMILES string of the molecule is CC(=O)NCCC1COc2ccccc2O1. The first-order valence-corrected chi connectivity index (χ1v) is 5.38. The van der Waals surface area contributed by atoms with Gasteiger partial charge in [0.25, 0.3) is 0 Å². The zero-order chi connectivity index (χ0) is 11.4. The second-order valence-electron chi connectivity index (χ2n) is 3.77. The average Bonchev–Trinajstić information content (AvgIpc) is 2.28.